The summed E-state index contributed by atoms with van der Waals surface area (Å²) in [6.45, 7) is 0. The van der Waals surface area contributed by atoms with Gasteiger partial charge in [-0.2, -0.15) is 13.2 Å². The van der Waals surface area contributed by atoms with Gasteiger partial charge in [0, 0.05) is 16.6 Å². The molecule has 92 valence electrons. The van der Waals surface area contributed by atoms with Crippen LogP contribution in [0, 0.1) is 0 Å². The molecule has 0 saturated heterocycles. The first-order valence-corrected chi connectivity index (χ1v) is 6.02. The minimum atomic E-state index is -4.43. The third kappa shape index (κ3) is 2.53. The first-order valence-electron chi connectivity index (χ1n) is 4.41. The molecule has 0 spiro atoms. The Labute approximate surface area is 107 Å². The number of nitrogens with zero attached hydrogens (tertiary/aromatic N) is 1. The van der Waals surface area contributed by atoms with Gasteiger partial charge in [-0.3, -0.25) is 0 Å². The highest BCUT2D eigenvalue weighted by Crippen LogP contribution is 2.36. The molecule has 0 fully saturated rings. The molecular formula is C9H6BrF3N2OS. The Hall–Kier alpha value is -0.860. The second-order valence-corrected chi connectivity index (χ2v) is 4.98. The summed E-state index contributed by atoms with van der Waals surface area (Å²) >= 11 is 3.66. The van der Waals surface area contributed by atoms with Gasteiger partial charge in [0.15, 0.2) is 9.68 Å². The smallest absolute Gasteiger partial charge is 0.443 e. The van der Waals surface area contributed by atoms with Crippen molar-refractivity contribution in [3.63, 3.8) is 0 Å². The van der Waals surface area contributed by atoms with Crippen molar-refractivity contribution < 1.29 is 17.6 Å². The second-order valence-electron chi connectivity index (χ2n) is 3.19. The van der Waals surface area contributed by atoms with Crippen LogP contribution in [-0.2, 0) is 6.18 Å². The Bertz CT molecular complexity index is 522. The molecule has 0 aliphatic rings. The van der Waals surface area contributed by atoms with Gasteiger partial charge < -0.3 is 10.2 Å². The van der Waals surface area contributed by atoms with Gasteiger partial charge in [0.05, 0.1) is 12.3 Å². The van der Waals surface area contributed by atoms with E-state index in [0.29, 0.717) is 26.4 Å². The molecule has 2 N–H and O–H groups in total. The summed E-state index contributed by atoms with van der Waals surface area (Å²) in [5.41, 5.74) is 6.42. The Morgan fingerprint density at radius 3 is 2.65 bits per heavy atom. The molecule has 1 unspecified atom stereocenters. The summed E-state index contributed by atoms with van der Waals surface area (Å²) in [6.07, 6.45) is -1.89. The van der Waals surface area contributed by atoms with Gasteiger partial charge in [-0.05, 0) is 22.0 Å². The summed E-state index contributed by atoms with van der Waals surface area (Å²) < 4.78 is 42.5. The third-order valence-electron chi connectivity index (χ3n) is 2.05. The van der Waals surface area contributed by atoms with E-state index in [1.165, 1.54) is 6.26 Å². The normalized spacial score (nSPS) is 13.9. The van der Waals surface area contributed by atoms with E-state index in [4.69, 9.17) is 10.2 Å². The lowest BCUT2D eigenvalue weighted by Gasteiger charge is -2.06. The molecule has 0 aliphatic carbocycles. The molecule has 17 heavy (non-hydrogen) atoms. The van der Waals surface area contributed by atoms with Gasteiger partial charge in [0.1, 0.15) is 0 Å². The first-order chi connectivity index (χ1) is 7.89. The Morgan fingerprint density at radius 1 is 1.47 bits per heavy atom. The first kappa shape index (κ1) is 12.6. The molecule has 2 heterocycles. The quantitative estimate of drug-likeness (QED) is 0.917. The van der Waals surface area contributed by atoms with Crippen LogP contribution in [0.2, 0.25) is 0 Å². The highest BCUT2D eigenvalue weighted by molar-refractivity contribution is 9.10. The molecule has 0 radical (unpaired) electrons. The molecule has 0 aromatic carbocycles. The lowest BCUT2D eigenvalue weighted by molar-refractivity contribution is -0.137. The number of rotatable bonds is 2. The second kappa shape index (κ2) is 4.43. The van der Waals surface area contributed by atoms with E-state index in [0.717, 1.165) is 6.20 Å². The highest BCUT2D eigenvalue weighted by atomic mass is 79.9. The number of furan rings is 1. The number of hydrogen-bond donors (Lipinski definition) is 1. The van der Waals surface area contributed by atoms with Crippen LogP contribution < -0.4 is 5.73 Å². The fourth-order valence-electron chi connectivity index (χ4n) is 1.24. The van der Waals surface area contributed by atoms with Crippen LogP contribution >= 0.6 is 27.3 Å². The van der Waals surface area contributed by atoms with Gasteiger partial charge in [0.25, 0.3) is 0 Å². The van der Waals surface area contributed by atoms with Crippen LogP contribution in [0.1, 0.15) is 21.5 Å². The van der Waals surface area contributed by atoms with Crippen LogP contribution in [0.4, 0.5) is 13.2 Å². The minimum Gasteiger partial charge on any atom is -0.457 e. The predicted molar refractivity (Wildman–Crippen MR) is 59.6 cm³/mol. The maximum absolute atomic E-state index is 12.4. The van der Waals surface area contributed by atoms with E-state index in [1.807, 2.05) is 0 Å². The van der Waals surface area contributed by atoms with E-state index >= 15 is 0 Å². The summed E-state index contributed by atoms with van der Waals surface area (Å²) in [7, 11) is 0. The van der Waals surface area contributed by atoms with Crippen LogP contribution in [0.3, 0.4) is 0 Å². The van der Waals surface area contributed by atoms with Crippen LogP contribution in [0.15, 0.2) is 27.6 Å². The molecule has 2 rings (SSSR count). The summed E-state index contributed by atoms with van der Waals surface area (Å²) in [4.78, 5) is 3.65. The number of thiazole rings is 1. The fraction of sp³-hybridized carbons (Fsp3) is 0.222. The van der Waals surface area contributed by atoms with Crippen LogP contribution in [-0.4, -0.2) is 4.98 Å². The summed E-state index contributed by atoms with van der Waals surface area (Å²) in [5.74, 6) is 0. The number of alkyl halides is 3. The lowest BCUT2D eigenvalue weighted by Crippen LogP contribution is -2.09. The van der Waals surface area contributed by atoms with E-state index in [1.54, 1.807) is 6.07 Å². The van der Waals surface area contributed by atoms with Crippen molar-refractivity contribution in [2.24, 2.45) is 5.73 Å². The van der Waals surface area contributed by atoms with Crippen LogP contribution in [0.5, 0.6) is 0 Å². The molecule has 0 saturated carbocycles. The topological polar surface area (TPSA) is 52.0 Å². The third-order valence-corrected chi connectivity index (χ3v) is 3.82. The van der Waals surface area contributed by atoms with Gasteiger partial charge in [-0.25, -0.2) is 4.98 Å². The molecule has 1 atom stereocenters. The Morgan fingerprint density at radius 2 is 2.18 bits per heavy atom. The van der Waals surface area contributed by atoms with Gasteiger partial charge >= 0.3 is 6.18 Å². The van der Waals surface area contributed by atoms with Crippen molar-refractivity contribution in [3.8, 4) is 0 Å². The lowest BCUT2D eigenvalue weighted by atomic mass is 10.1. The van der Waals surface area contributed by atoms with Crippen molar-refractivity contribution in [1.82, 2.24) is 4.98 Å². The molecule has 8 heteroatoms. The van der Waals surface area contributed by atoms with Crippen LogP contribution in [0.25, 0.3) is 0 Å². The van der Waals surface area contributed by atoms with Gasteiger partial charge in [0.2, 0.25) is 0 Å². The van der Waals surface area contributed by atoms with E-state index in [-0.39, 0.29) is 0 Å². The number of hydrogen-bond acceptors (Lipinski definition) is 4. The zero-order chi connectivity index (χ0) is 12.6. The van der Waals surface area contributed by atoms with E-state index < -0.39 is 17.2 Å². The standard InChI is InChI=1S/C9H6BrF3N2OS/c10-7-4(1-2-16-7)6(14)5-3-15-8(17-5)9(11,12)13/h1-3,6H,14H2. The SMILES string of the molecule is NC(c1cnc(C(F)(F)F)s1)c1ccoc1Br. The number of aromatic nitrogens is 1. The van der Waals surface area contributed by atoms with Gasteiger partial charge in [-0.1, -0.05) is 0 Å². The monoisotopic (exact) mass is 326 g/mol. The minimum absolute atomic E-state index is 0.333. The van der Waals surface area contributed by atoms with Gasteiger partial charge in [-0.15, -0.1) is 11.3 Å². The predicted octanol–water partition coefficient (Wildman–Crippen LogP) is 3.57. The van der Waals surface area contributed by atoms with Crippen molar-refractivity contribution >= 4 is 27.3 Å². The average molecular weight is 327 g/mol. The molecular weight excluding hydrogens is 321 g/mol. The highest BCUT2D eigenvalue weighted by Gasteiger charge is 2.35. The maximum Gasteiger partial charge on any atom is 0.443 e. The summed E-state index contributed by atoms with van der Waals surface area (Å²) in [5, 5.41) is -0.900. The number of nitrogens with two attached hydrogens (primary N) is 1. The molecule has 2 aromatic rings. The Kier molecular flexibility index (Phi) is 3.28. The fourth-order valence-corrected chi connectivity index (χ4v) is 2.53. The summed E-state index contributed by atoms with van der Waals surface area (Å²) in [6, 6.07) is 0.915. The molecule has 0 bridgehead atoms. The van der Waals surface area contributed by atoms with Crippen molar-refractivity contribution in [1.29, 1.82) is 0 Å². The zero-order valence-electron chi connectivity index (χ0n) is 8.16. The Balaban J connectivity index is 2.30. The van der Waals surface area contributed by atoms with E-state index in [9.17, 15) is 13.2 Å². The van der Waals surface area contributed by atoms with Crippen molar-refractivity contribution in [3.05, 3.63) is 38.6 Å². The molecule has 0 amide bonds. The molecule has 3 nitrogen and oxygen atoms in total. The molecule has 0 aliphatic heterocycles. The zero-order valence-corrected chi connectivity index (χ0v) is 10.6. The maximum atomic E-state index is 12.4. The average Bonchev–Trinajstić information content (AvgIpc) is 2.83. The number of halogens is 4. The van der Waals surface area contributed by atoms with Crippen molar-refractivity contribution in [2.45, 2.75) is 12.2 Å². The largest absolute Gasteiger partial charge is 0.457 e. The van der Waals surface area contributed by atoms with E-state index in [2.05, 4.69) is 20.9 Å². The van der Waals surface area contributed by atoms with Crippen molar-refractivity contribution in [2.75, 3.05) is 0 Å². The molecule has 2 aromatic heterocycles.